The number of nitrogens with zero attached hydrogens (tertiary/aromatic N) is 2. The summed E-state index contributed by atoms with van der Waals surface area (Å²) < 4.78 is 13.0. The second-order valence-electron chi connectivity index (χ2n) is 7.23. The quantitative estimate of drug-likeness (QED) is 0.707. The van der Waals surface area contributed by atoms with E-state index < -0.39 is 0 Å². The van der Waals surface area contributed by atoms with Gasteiger partial charge < -0.3 is 4.90 Å². The zero-order chi connectivity index (χ0) is 18.8. The van der Waals surface area contributed by atoms with Gasteiger partial charge in [-0.3, -0.25) is 4.79 Å². The second-order valence-corrected chi connectivity index (χ2v) is 7.58. The Hall–Kier alpha value is -1.94. The number of hydrogen-bond donors (Lipinski definition) is 0. The molecule has 1 fully saturated rings. The monoisotopic (exact) mass is 374 g/mol. The van der Waals surface area contributed by atoms with Crippen molar-refractivity contribution in [2.45, 2.75) is 40.0 Å². The van der Waals surface area contributed by atoms with E-state index in [4.69, 9.17) is 11.6 Å². The van der Waals surface area contributed by atoms with Crippen molar-refractivity contribution in [1.82, 2.24) is 4.98 Å². The van der Waals surface area contributed by atoms with Gasteiger partial charge in [0.15, 0.2) is 0 Å². The molecule has 1 saturated heterocycles. The van der Waals surface area contributed by atoms with Crippen molar-refractivity contribution >= 4 is 22.7 Å². The number of aromatic nitrogens is 1. The number of pyridine rings is 1. The maximum absolute atomic E-state index is 13.0. The highest BCUT2D eigenvalue weighted by atomic mass is 35.5. The molecule has 0 radical (unpaired) electrons. The summed E-state index contributed by atoms with van der Waals surface area (Å²) in [5.74, 6) is 1.09. The molecule has 0 saturated carbocycles. The van der Waals surface area contributed by atoms with Gasteiger partial charge in [-0.2, -0.15) is 0 Å². The van der Waals surface area contributed by atoms with Gasteiger partial charge in [0, 0.05) is 18.7 Å². The van der Waals surface area contributed by atoms with Crippen LogP contribution in [0, 0.1) is 32.5 Å². The number of anilines is 1. The summed E-state index contributed by atoms with van der Waals surface area (Å²) in [6, 6.07) is 5.26. The Bertz CT molecular complexity index is 812. The van der Waals surface area contributed by atoms with E-state index in [0.717, 1.165) is 49.3 Å². The predicted molar refractivity (Wildman–Crippen MR) is 104 cm³/mol. The molecule has 138 valence electrons. The molecule has 0 spiro atoms. The third-order valence-corrected chi connectivity index (χ3v) is 5.66. The van der Waals surface area contributed by atoms with E-state index in [2.05, 4.69) is 22.9 Å². The van der Waals surface area contributed by atoms with Gasteiger partial charge in [-0.1, -0.05) is 6.07 Å². The molecule has 0 atom stereocenters. The van der Waals surface area contributed by atoms with Gasteiger partial charge >= 0.3 is 0 Å². The number of aryl methyl sites for hydroxylation is 2. The van der Waals surface area contributed by atoms with E-state index in [1.165, 1.54) is 23.4 Å². The minimum atomic E-state index is -0.376. The lowest BCUT2D eigenvalue weighted by Gasteiger charge is -2.33. The Labute approximate surface area is 159 Å². The standard InChI is InChI=1S/C21H24ClFN2O/c1-13-10-14(2)20(21(22)26)15(3)18(13)11-16-6-8-25(9-7-16)19-5-4-17(23)12-24-19/h4-5,10,12,16H,6-9,11H2,1-3H3. The molecule has 0 unspecified atom stereocenters. The largest absolute Gasteiger partial charge is 0.357 e. The van der Waals surface area contributed by atoms with Gasteiger partial charge in [-0.15, -0.1) is 0 Å². The molecule has 1 aromatic heterocycles. The number of hydrogen-bond acceptors (Lipinski definition) is 3. The third kappa shape index (κ3) is 3.90. The Morgan fingerprint density at radius 1 is 1.23 bits per heavy atom. The fourth-order valence-corrected chi connectivity index (χ4v) is 4.34. The molecule has 3 nitrogen and oxygen atoms in total. The average molecular weight is 375 g/mol. The van der Waals surface area contributed by atoms with Crippen LogP contribution in [0.5, 0.6) is 0 Å². The molecule has 5 heteroatoms. The van der Waals surface area contributed by atoms with E-state index in [1.807, 2.05) is 13.8 Å². The van der Waals surface area contributed by atoms with Crippen molar-refractivity contribution < 1.29 is 9.18 Å². The fraction of sp³-hybridized carbons (Fsp3) is 0.429. The third-order valence-electron chi connectivity index (χ3n) is 5.47. The zero-order valence-corrected chi connectivity index (χ0v) is 16.2. The molecular weight excluding hydrogens is 351 g/mol. The molecule has 1 aliphatic rings. The first-order valence-electron chi connectivity index (χ1n) is 9.02. The van der Waals surface area contributed by atoms with Crippen LogP contribution < -0.4 is 4.90 Å². The lowest BCUT2D eigenvalue weighted by Crippen LogP contribution is -2.35. The van der Waals surface area contributed by atoms with E-state index in [0.29, 0.717) is 11.5 Å². The van der Waals surface area contributed by atoms with Gasteiger partial charge in [-0.05, 0) is 91.9 Å². The maximum Gasteiger partial charge on any atom is 0.252 e. The second kappa shape index (κ2) is 7.75. The van der Waals surface area contributed by atoms with E-state index in [9.17, 15) is 9.18 Å². The van der Waals surface area contributed by atoms with E-state index in [1.54, 1.807) is 6.07 Å². The minimum absolute atomic E-state index is 0.307. The summed E-state index contributed by atoms with van der Waals surface area (Å²) in [6.07, 6.45) is 4.33. The SMILES string of the molecule is Cc1cc(C)c(C(=O)Cl)c(C)c1CC1CCN(c2ccc(F)cn2)CC1. The van der Waals surface area contributed by atoms with Crippen LogP contribution >= 0.6 is 11.6 Å². The molecule has 2 heterocycles. The van der Waals surface area contributed by atoms with Crippen LogP contribution in [0.1, 0.15) is 45.5 Å². The lowest BCUT2D eigenvalue weighted by molar-refractivity contribution is 0.108. The van der Waals surface area contributed by atoms with Gasteiger partial charge in [-0.25, -0.2) is 9.37 Å². The average Bonchev–Trinajstić information content (AvgIpc) is 2.59. The highest BCUT2D eigenvalue weighted by Crippen LogP contribution is 2.30. The highest BCUT2D eigenvalue weighted by molar-refractivity contribution is 6.68. The summed E-state index contributed by atoms with van der Waals surface area (Å²) in [7, 11) is 0. The highest BCUT2D eigenvalue weighted by Gasteiger charge is 2.23. The maximum atomic E-state index is 13.0. The van der Waals surface area contributed by atoms with Crippen molar-refractivity contribution in [3.63, 3.8) is 0 Å². The van der Waals surface area contributed by atoms with Crippen LogP contribution in [-0.2, 0) is 6.42 Å². The molecule has 3 rings (SSSR count). The van der Waals surface area contributed by atoms with Crippen LogP contribution in [0.15, 0.2) is 24.4 Å². The Balaban J connectivity index is 1.71. The number of carbonyl (C=O) groups is 1. The van der Waals surface area contributed by atoms with Crippen LogP contribution in [-0.4, -0.2) is 23.3 Å². The van der Waals surface area contributed by atoms with Crippen LogP contribution in [0.4, 0.5) is 10.2 Å². The number of rotatable bonds is 4. The minimum Gasteiger partial charge on any atom is -0.357 e. The molecule has 0 bridgehead atoms. The summed E-state index contributed by atoms with van der Waals surface area (Å²) in [5.41, 5.74) is 5.09. The molecule has 0 aliphatic carbocycles. The van der Waals surface area contributed by atoms with Gasteiger partial charge in [0.25, 0.3) is 5.24 Å². The first-order chi connectivity index (χ1) is 12.4. The lowest BCUT2D eigenvalue weighted by atomic mass is 9.84. The fourth-order valence-electron chi connectivity index (χ4n) is 4.05. The van der Waals surface area contributed by atoms with Crippen LogP contribution in [0.25, 0.3) is 0 Å². The number of piperidine rings is 1. The molecule has 0 amide bonds. The predicted octanol–water partition coefficient (Wildman–Crippen LogP) is 4.98. The van der Waals surface area contributed by atoms with Gasteiger partial charge in [0.1, 0.15) is 11.6 Å². The number of benzene rings is 1. The van der Waals surface area contributed by atoms with Crippen molar-refractivity contribution in [3.8, 4) is 0 Å². The van der Waals surface area contributed by atoms with Crippen molar-refractivity contribution in [2.24, 2.45) is 5.92 Å². The molecular formula is C21H24ClFN2O. The van der Waals surface area contributed by atoms with E-state index >= 15 is 0 Å². The molecule has 2 aromatic rings. The van der Waals surface area contributed by atoms with Crippen molar-refractivity contribution in [1.29, 1.82) is 0 Å². The van der Waals surface area contributed by atoms with Crippen LogP contribution in [0.3, 0.4) is 0 Å². The summed E-state index contributed by atoms with van der Waals surface area (Å²) >= 11 is 5.80. The Morgan fingerprint density at radius 3 is 2.50 bits per heavy atom. The number of carbonyl (C=O) groups excluding carboxylic acids is 1. The van der Waals surface area contributed by atoms with Crippen LogP contribution in [0.2, 0.25) is 0 Å². The first kappa shape index (κ1) is 18.8. The number of halogens is 2. The normalized spacial score (nSPS) is 15.3. The molecule has 1 aromatic carbocycles. The molecule has 26 heavy (non-hydrogen) atoms. The summed E-state index contributed by atoms with van der Waals surface area (Å²) in [6.45, 7) is 7.87. The van der Waals surface area contributed by atoms with Crippen molar-refractivity contribution in [3.05, 3.63) is 58.0 Å². The van der Waals surface area contributed by atoms with Crippen molar-refractivity contribution in [2.75, 3.05) is 18.0 Å². The van der Waals surface area contributed by atoms with Gasteiger partial charge in [0.05, 0.1) is 6.20 Å². The first-order valence-corrected chi connectivity index (χ1v) is 9.40. The molecule has 1 aliphatic heterocycles. The topological polar surface area (TPSA) is 33.2 Å². The summed E-state index contributed by atoms with van der Waals surface area (Å²) in [5, 5.41) is -0.376. The Kier molecular flexibility index (Phi) is 5.61. The summed E-state index contributed by atoms with van der Waals surface area (Å²) in [4.78, 5) is 18.2. The molecule has 0 N–H and O–H groups in total. The van der Waals surface area contributed by atoms with E-state index in [-0.39, 0.29) is 11.1 Å². The smallest absolute Gasteiger partial charge is 0.252 e. The zero-order valence-electron chi connectivity index (χ0n) is 15.5. The van der Waals surface area contributed by atoms with Gasteiger partial charge in [0.2, 0.25) is 0 Å². The Morgan fingerprint density at radius 2 is 1.92 bits per heavy atom.